The molecule has 0 spiro atoms. The standard InChI is InChI=1S/C24H32N2O5/c1-14(2)12-20(26-23(28)17-8-6-7-9-18(17)24(26)29)22(27)25-15(3)19-13-16(30-4)10-11-21(19)31-5/h6-7,10-11,13-15,17-18,20H,8-9,12H2,1-5H3,(H,25,27). The highest BCUT2D eigenvalue weighted by Crippen LogP contribution is 2.37. The predicted molar refractivity (Wildman–Crippen MR) is 117 cm³/mol. The van der Waals surface area contributed by atoms with Gasteiger partial charge >= 0.3 is 0 Å². The lowest BCUT2D eigenvalue weighted by Gasteiger charge is -2.29. The Hall–Kier alpha value is -2.83. The van der Waals surface area contributed by atoms with Gasteiger partial charge in [0.2, 0.25) is 17.7 Å². The van der Waals surface area contributed by atoms with Crippen molar-refractivity contribution in [1.29, 1.82) is 0 Å². The highest BCUT2D eigenvalue weighted by Gasteiger charge is 2.51. The maximum absolute atomic E-state index is 13.4. The summed E-state index contributed by atoms with van der Waals surface area (Å²) < 4.78 is 10.7. The Balaban J connectivity index is 1.84. The van der Waals surface area contributed by atoms with E-state index in [1.165, 1.54) is 4.90 Å². The predicted octanol–water partition coefficient (Wildman–Crippen LogP) is 3.25. The molecule has 4 unspecified atom stereocenters. The van der Waals surface area contributed by atoms with Crippen LogP contribution in [0.2, 0.25) is 0 Å². The summed E-state index contributed by atoms with van der Waals surface area (Å²) in [6.45, 7) is 5.81. The number of benzene rings is 1. The third-order valence-corrected chi connectivity index (χ3v) is 6.11. The molecule has 1 N–H and O–H groups in total. The molecular formula is C24H32N2O5. The summed E-state index contributed by atoms with van der Waals surface area (Å²) in [6.07, 6.45) is 5.42. The molecule has 0 aromatic heterocycles. The number of hydrogen-bond donors (Lipinski definition) is 1. The number of imide groups is 1. The first-order valence-electron chi connectivity index (χ1n) is 10.8. The first kappa shape index (κ1) is 22.8. The molecule has 0 bridgehead atoms. The Morgan fingerprint density at radius 1 is 1.06 bits per heavy atom. The zero-order chi connectivity index (χ0) is 22.7. The molecule has 1 heterocycles. The van der Waals surface area contributed by atoms with Crippen LogP contribution in [0.15, 0.2) is 30.4 Å². The molecule has 1 saturated heterocycles. The van der Waals surface area contributed by atoms with Gasteiger partial charge in [-0.1, -0.05) is 26.0 Å². The van der Waals surface area contributed by atoms with Crippen molar-refractivity contribution < 1.29 is 23.9 Å². The molecule has 0 saturated carbocycles. The van der Waals surface area contributed by atoms with Gasteiger partial charge in [0.1, 0.15) is 17.5 Å². The summed E-state index contributed by atoms with van der Waals surface area (Å²) in [6, 6.07) is 4.16. The minimum absolute atomic E-state index is 0.138. The first-order chi connectivity index (χ1) is 14.8. The van der Waals surface area contributed by atoms with Crippen molar-refractivity contribution in [3.8, 4) is 11.5 Å². The molecule has 1 aliphatic carbocycles. The molecule has 3 rings (SSSR count). The number of likely N-dealkylation sites (tertiary alicyclic amines) is 1. The molecule has 168 valence electrons. The molecule has 1 aromatic rings. The number of methoxy groups -OCH3 is 2. The van der Waals surface area contributed by atoms with E-state index in [1.807, 2.05) is 39.0 Å². The molecule has 0 radical (unpaired) electrons. The molecule has 1 aliphatic heterocycles. The second kappa shape index (κ2) is 9.54. The van der Waals surface area contributed by atoms with Gasteiger partial charge in [-0.2, -0.15) is 0 Å². The van der Waals surface area contributed by atoms with Crippen molar-refractivity contribution in [3.05, 3.63) is 35.9 Å². The fourth-order valence-corrected chi connectivity index (χ4v) is 4.47. The minimum Gasteiger partial charge on any atom is -0.497 e. The molecule has 7 nitrogen and oxygen atoms in total. The van der Waals surface area contributed by atoms with E-state index in [2.05, 4.69) is 5.32 Å². The van der Waals surface area contributed by atoms with Crippen LogP contribution in [0, 0.1) is 17.8 Å². The van der Waals surface area contributed by atoms with Crippen molar-refractivity contribution in [1.82, 2.24) is 10.2 Å². The molecule has 3 amide bonds. The van der Waals surface area contributed by atoms with Crippen LogP contribution in [-0.2, 0) is 14.4 Å². The SMILES string of the molecule is COc1ccc(OC)c(C(C)NC(=O)C(CC(C)C)N2C(=O)C3CC=CCC3C2=O)c1. The maximum Gasteiger partial charge on any atom is 0.243 e. The second-order valence-corrected chi connectivity index (χ2v) is 8.69. The van der Waals surface area contributed by atoms with Crippen molar-refractivity contribution >= 4 is 17.7 Å². The quantitative estimate of drug-likeness (QED) is 0.508. The number of carbonyl (C=O) groups excluding carboxylic acids is 3. The Morgan fingerprint density at radius 3 is 2.19 bits per heavy atom. The van der Waals surface area contributed by atoms with Gasteiger partial charge in [-0.3, -0.25) is 19.3 Å². The topological polar surface area (TPSA) is 84.9 Å². The van der Waals surface area contributed by atoms with Gasteiger partial charge in [0.05, 0.1) is 32.1 Å². The van der Waals surface area contributed by atoms with Crippen LogP contribution in [0.3, 0.4) is 0 Å². The van der Waals surface area contributed by atoms with Gasteiger partial charge < -0.3 is 14.8 Å². The average Bonchev–Trinajstić information content (AvgIpc) is 3.01. The van der Waals surface area contributed by atoms with Crippen LogP contribution in [0.4, 0.5) is 0 Å². The largest absolute Gasteiger partial charge is 0.497 e. The zero-order valence-corrected chi connectivity index (χ0v) is 18.9. The van der Waals surface area contributed by atoms with Gasteiger partial charge in [0, 0.05) is 5.56 Å². The highest BCUT2D eigenvalue weighted by molar-refractivity contribution is 6.08. The number of amides is 3. The Labute approximate surface area is 183 Å². The Kier molecular flexibility index (Phi) is 7.03. The van der Waals surface area contributed by atoms with Crippen LogP contribution in [0.1, 0.15) is 51.6 Å². The first-order valence-corrected chi connectivity index (χ1v) is 10.8. The number of nitrogens with zero attached hydrogens (tertiary/aromatic N) is 1. The number of ether oxygens (including phenoxy) is 2. The van der Waals surface area contributed by atoms with Gasteiger partial charge in [0.25, 0.3) is 0 Å². The fraction of sp³-hybridized carbons (Fsp3) is 0.542. The summed E-state index contributed by atoms with van der Waals surface area (Å²) in [5, 5.41) is 2.99. The lowest BCUT2D eigenvalue weighted by molar-refractivity contribution is -0.148. The smallest absolute Gasteiger partial charge is 0.243 e. The second-order valence-electron chi connectivity index (χ2n) is 8.69. The summed E-state index contributed by atoms with van der Waals surface area (Å²) in [4.78, 5) is 40.7. The van der Waals surface area contributed by atoms with Crippen molar-refractivity contribution in [2.24, 2.45) is 17.8 Å². The number of nitrogens with one attached hydrogen (secondary N) is 1. The summed E-state index contributed by atoms with van der Waals surface area (Å²) in [7, 11) is 3.14. The van der Waals surface area contributed by atoms with Gasteiger partial charge in [-0.05, 0) is 50.3 Å². The summed E-state index contributed by atoms with van der Waals surface area (Å²) in [5.41, 5.74) is 0.760. The van der Waals surface area contributed by atoms with Gasteiger partial charge in [-0.25, -0.2) is 0 Å². The lowest BCUT2D eigenvalue weighted by Crippen LogP contribution is -2.51. The summed E-state index contributed by atoms with van der Waals surface area (Å²) >= 11 is 0. The fourth-order valence-electron chi connectivity index (χ4n) is 4.47. The van der Waals surface area contributed by atoms with E-state index >= 15 is 0 Å². The Morgan fingerprint density at radius 2 is 1.68 bits per heavy atom. The van der Waals surface area contributed by atoms with Crippen LogP contribution in [0.25, 0.3) is 0 Å². The van der Waals surface area contributed by atoms with E-state index in [0.717, 1.165) is 5.56 Å². The highest BCUT2D eigenvalue weighted by atomic mass is 16.5. The zero-order valence-electron chi connectivity index (χ0n) is 18.9. The van der Waals surface area contributed by atoms with Gasteiger partial charge in [0.15, 0.2) is 0 Å². The average molecular weight is 429 g/mol. The monoisotopic (exact) mass is 428 g/mol. The van der Waals surface area contributed by atoms with E-state index in [4.69, 9.17) is 9.47 Å². The minimum atomic E-state index is -0.829. The van der Waals surface area contributed by atoms with Crippen LogP contribution in [0.5, 0.6) is 11.5 Å². The van der Waals surface area contributed by atoms with Gasteiger partial charge in [-0.15, -0.1) is 0 Å². The normalized spacial score (nSPS) is 22.3. The molecule has 1 aromatic carbocycles. The number of hydrogen-bond acceptors (Lipinski definition) is 5. The third kappa shape index (κ3) is 4.60. The van der Waals surface area contributed by atoms with Crippen LogP contribution in [-0.4, -0.2) is 42.9 Å². The van der Waals surface area contributed by atoms with E-state index < -0.39 is 12.1 Å². The molecule has 7 heteroatoms. The van der Waals surface area contributed by atoms with Crippen molar-refractivity contribution in [3.63, 3.8) is 0 Å². The number of allylic oxidation sites excluding steroid dienone is 2. The van der Waals surface area contributed by atoms with E-state index in [9.17, 15) is 14.4 Å². The van der Waals surface area contributed by atoms with Crippen molar-refractivity contribution in [2.45, 2.75) is 52.1 Å². The van der Waals surface area contributed by atoms with E-state index in [1.54, 1.807) is 26.4 Å². The third-order valence-electron chi connectivity index (χ3n) is 6.11. The van der Waals surface area contributed by atoms with Crippen LogP contribution >= 0.6 is 0 Å². The van der Waals surface area contributed by atoms with E-state index in [-0.39, 0.29) is 35.5 Å². The lowest BCUT2D eigenvalue weighted by atomic mass is 9.85. The molecule has 4 atom stereocenters. The molecule has 2 aliphatic rings. The number of rotatable bonds is 8. The maximum atomic E-state index is 13.4. The molecular weight excluding hydrogens is 396 g/mol. The van der Waals surface area contributed by atoms with E-state index in [0.29, 0.717) is 30.8 Å². The van der Waals surface area contributed by atoms with Crippen LogP contribution < -0.4 is 14.8 Å². The molecule has 1 fully saturated rings. The molecule has 31 heavy (non-hydrogen) atoms. The summed E-state index contributed by atoms with van der Waals surface area (Å²) in [5.74, 6) is -0.0834. The number of fused-ring (bicyclic) bond motifs is 1. The number of carbonyl (C=O) groups is 3. The Bertz CT molecular complexity index is 853. The van der Waals surface area contributed by atoms with Crippen molar-refractivity contribution in [2.75, 3.05) is 14.2 Å².